The Bertz CT molecular complexity index is 1200. The van der Waals surface area contributed by atoms with E-state index in [1.54, 1.807) is 39.5 Å². The third-order valence-corrected chi connectivity index (χ3v) is 5.23. The van der Waals surface area contributed by atoms with Crippen molar-refractivity contribution in [2.24, 2.45) is 0 Å². The first-order chi connectivity index (χ1) is 17.4. The zero-order chi connectivity index (χ0) is 25.9. The SMILES string of the molecule is CCOC(=O)C=Cc1cccc(-c2cnc(Nc3ccc(F)c(Cl)c3)nc2NC(COC)COC)c1. The van der Waals surface area contributed by atoms with Crippen molar-refractivity contribution in [2.75, 3.05) is 44.7 Å². The van der Waals surface area contributed by atoms with Gasteiger partial charge in [-0.05, 0) is 48.4 Å². The first-order valence-corrected chi connectivity index (χ1v) is 11.6. The zero-order valence-electron chi connectivity index (χ0n) is 20.3. The van der Waals surface area contributed by atoms with Gasteiger partial charge in [0.05, 0.1) is 30.9 Å². The molecule has 2 N–H and O–H groups in total. The Labute approximate surface area is 214 Å². The van der Waals surface area contributed by atoms with Crippen molar-refractivity contribution in [3.8, 4) is 11.1 Å². The highest BCUT2D eigenvalue weighted by Crippen LogP contribution is 2.30. The Morgan fingerprint density at radius 3 is 2.64 bits per heavy atom. The van der Waals surface area contributed by atoms with Crippen molar-refractivity contribution in [2.45, 2.75) is 13.0 Å². The predicted molar refractivity (Wildman–Crippen MR) is 139 cm³/mol. The number of aromatic nitrogens is 2. The summed E-state index contributed by atoms with van der Waals surface area (Å²) >= 11 is 5.90. The highest BCUT2D eigenvalue weighted by Gasteiger charge is 2.16. The summed E-state index contributed by atoms with van der Waals surface area (Å²) < 4.78 is 29.1. The standard InChI is InChI=1S/C26H28ClFN4O4/c1-4-36-24(33)11-8-17-6-5-7-18(12-17)21-14-29-26(31-19-9-10-23(28)22(27)13-19)32-25(21)30-20(15-34-2)16-35-3/h5-14,20H,4,15-16H2,1-3H3,(H2,29,30,31,32). The molecule has 0 aliphatic rings. The minimum atomic E-state index is -0.514. The van der Waals surface area contributed by atoms with Crippen molar-refractivity contribution in [1.82, 2.24) is 9.97 Å². The highest BCUT2D eigenvalue weighted by atomic mass is 35.5. The van der Waals surface area contributed by atoms with Crippen LogP contribution in [0.2, 0.25) is 5.02 Å². The molecule has 2 aromatic carbocycles. The Morgan fingerprint density at radius 1 is 1.17 bits per heavy atom. The number of nitrogens with one attached hydrogen (secondary N) is 2. The number of hydrogen-bond donors (Lipinski definition) is 2. The number of nitrogens with zero attached hydrogens (tertiary/aromatic N) is 2. The van der Waals surface area contributed by atoms with E-state index in [1.165, 1.54) is 18.2 Å². The summed E-state index contributed by atoms with van der Waals surface area (Å²) in [5.41, 5.74) is 2.89. The molecule has 8 nitrogen and oxygen atoms in total. The lowest BCUT2D eigenvalue weighted by Crippen LogP contribution is -2.30. The third-order valence-electron chi connectivity index (χ3n) is 4.94. The van der Waals surface area contributed by atoms with Crippen LogP contribution in [0.15, 0.2) is 54.7 Å². The molecule has 0 spiro atoms. The van der Waals surface area contributed by atoms with Crippen LogP contribution in [0.3, 0.4) is 0 Å². The molecule has 0 unspecified atom stereocenters. The van der Waals surface area contributed by atoms with Gasteiger partial charge in [-0.3, -0.25) is 0 Å². The van der Waals surface area contributed by atoms with Crippen LogP contribution in [0.5, 0.6) is 0 Å². The van der Waals surface area contributed by atoms with Crippen LogP contribution in [-0.4, -0.2) is 56.0 Å². The van der Waals surface area contributed by atoms with Crippen LogP contribution >= 0.6 is 11.6 Å². The second-order valence-corrected chi connectivity index (χ2v) is 8.08. The van der Waals surface area contributed by atoms with Crippen molar-refractivity contribution >= 4 is 41.1 Å². The molecule has 10 heteroatoms. The maximum absolute atomic E-state index is 13.5. The fraction of sp³-hybridized carbons (Fsp3) is 0.269. The molecular weight excluding hydrogens is 487 g/mol. The monoisotopic (exact) mass is 514 g/mol. The maximum atomic E-state index is 13.5. The van der Waals surface area contributed by atoms with E-state index >= 15 is 0 Å². The molecule has 1 heterocycles. The largest absolute Gasteiger partial charge is 0.463 e. The predicted octanol–water partition coefficient (Wildman–Crippen LogP) is 5.33. The van der Waals surface area contributed by atoms with Crippen molar-refractivity contribution in [3.63, 3.8) is 0 Å². The van der Waals surface area contributed by atoms with Gasteiger partial charge in [0.25, 0.3) is 0 Å². The molecule has 0 bridgehead atoms. The molecule has 36 heavy (non-hydrogen) atoms. The fourth-order valence-corrected chi connectivity index (χ4v) is 3.54. The van der Waals surface area contributed by atoms with Gasteiger partial charge in [-0.1, -0.05) is 29.8 Å². The number of carbonyl (C=O) groups is 1. The summed E-state index contributed by atoms with van der Waals surface area (Å²) in [6.07, 6.45) is 4.74. The third kappa shape index (κ3) is 7.74. The zero-order valence-corrected chi connectivity index (χ0v) is 21.0. The second kappa shape index (κ2) is 13.5. The second-order valence-electron chi connectivity index (χ2n) is 7.67. The van der Waals surface area contributed by atoms with Gasteiger partial charge in [0.15, 0.2) is 0 Å². The molecule has 0 aliphatic heterocycles. The average Bonchev–Trinajstić information content (AvgIpc) is 2.86. The number of rotatable bonds is 12. The van der Waals surface area contributed by atoms with Crippen molar-refractivity contribution in [1.29, 1.82) is 0 Å². The van der Waals surface area contributed by atoms with E-state index in [2.05, 4.69) is 20.6 Å². The number of halogens is 2. The number of hydrogen-bond acceptors (Lipinski definition) is 8. The molecule has 0 saturated heterocycles. The molecule has 190 valence electrons. The van der Waals surface area contributed by atoms with E-state index in [0.717, 1.165) is 16.7 Å². The van der Waals surface area contributed by atoms with Crippen LogP contribution in [-0.2, 0) is 19.0 Å². The molecule has 0 fully saturated rings. The summed E-state index contributed by atoms with van der Waals surface area (Å²) in [4.78, 5) is 20.8. The quantitative estimate of drug-likeness (QED) is 0.247. The van der Waals surface area contributed by atoms with Crippen LogP contribution in [0, 0.1) is 5.82 Å². The highest BCUT2D eigenvalue weighted by molar-refractivity contribution is 6.31. The number of methoxy groups -OCH3 is 2. The van der Waals surface area contributed by atoms with Gasteiger partial charge in [-0.25, -0.2) is 14.2 Å². The molecular formula is C26H28ClFN4O4. The summed E-state index contributed by atoms with van der Waals surface area (Å²) in [5.74, 6) is -0.103. The van der Waals surface area contributed by atoms with Gasteiger partial charge < -0.3 is 24.8 Å². The Morgan fingerprint density at radius 2 is 1.94 bits per heavy atom. The van der Waals surface area contributed by atoms with Crippen LogP contribution in [0.4, 0.5) is 21.8 Å². The average molecular weight is 515 g/mol. The summed E-state index contributed by atoms with van der Waals surface area (Å²) in [5, 5.41) is 6.40. The number of benzene rings is 2. The maximum Gasteiger partial charge on any atom is 0.330 e. The Balaban J connectivity index is 1.96. The van der Waals surface area contributed by atoms with Gasteiger partial charge >= 0.3 is 5.97 Å². The minimum Gasteiger partial charge on any atom is -0.463 e. The molecule has 0 radical (unpaired) electrons. The van der Waals surface area contributed by atoms with Crippen LogP contribution in [0.25, 0.3) is 17.2 Å². The van der Waals surface area contributed by atoms with Crippen molar-refractivity contribution < 1.29 is 23.4 Å². The lowest BCUT2D eigenvalue weighted by Gasteiger charge is -2.20. The van der Waals surface area contributed by atoms with E-state index < -0.39 is 11.8 Å². The number of anilines is 3. The summed E-state index contributed by atoms with van der Waals surface area (Å²) in [7, 11) is 3.21. The van der Waals surface area contributed by atoms with E-state index in [1.807, 2.05) is 24.3 Å². The first-order valence-electron chi connectivity index (χ1n) is 11.2. The molecule has 1 aromatic heterocycles. The van der Waals surface area contributed by atoms with E-state index in [4.69, 9.17) is 25.8 Å². The number of carbonyl (C=O) groups excluding carboxylic acids is 1. The number of esters is 1. The summed E-state index contributed by atoms with van der Waals surface area (Å²) in [6, 6.07) is 11.7. The molecule has 3 rings (SSSR count). The first kappa shape index (κ1) is 27.1. The van der Waals surface area contributed by atoms with Gasteiger partial charge in [0, 0.05) is 37.7 Å². The summed E-state index contributed by atoms with van der Waals surface area (Å²) in [6.45, 7) is 2.83. The molecule has 0 aliphatic carbocycles. The lowest BCUT2D eigenvalue weighted by atomic mass is 10.0. The lowest BCUT2D eigenvalue weighted by molar-refractivity contribution is -0.137. The van der Waals surface area contributed by atoms with E-state index in [-0.39, 0.29) is 17.0 Å². The van der Waals surface area contributed by atoms with Crippen molar-refractivity contribution in [3.05, 3.63) is 71.1 Å². The van der Waals surface area contributed by atoms with Crippen LogP contribution < -0.4 is 10.6 Å². The molecule has 0 amide bonds. The Kier molecular flexibility index (Phi) is 10.2. The van der Waals surface area contributed by atoms with Gasteiger partial charge in [-0.2, -0.15) is 4.98 Å². The molecule has 0 saturated carbocycles. The normalized spacial score (nSPS) is 11.2. The smallest absolute Gasteiger partial charge is 0.330 e. The van der Waals surface area contributed by atoms with Crippen LogP contribution in [0.1, 0.15) is 12.5 Å². The Hall–Kier alpha value is -3.53. The van der Waals surface area contributed by atoms with E-state index in [9.17, 15) is 9.18 Å². The van der Waals surface area contributed by atoms with Gasteiger partial charge in [0.1, 0.15) is 11.6 Å². The van der Waals surface area contributed by atoms with Gasteiger partial charge in [-0.15, -0.1) is 0 Å². The molecule has 0 atom stereocenters. The van der Waals surface area contributed by atoms with Gasteiger partial charge in [0.2, 0.25) is 5.95 Å². The minimum absolute atomic E-state index is 0.0112. The number of ether oxygens (including phenoxy) is 3. The van der Waals surface area contributed by atoms with E-state index in [0.29, 0.717) is 31.3 Å². The topological polar surface area (TPSA) is 94.6 Å². The molecule has 3 aromatic rings. The fourth-order valence-electron chi connectivity index (χ4n) is 3.36.